The second kappa shape index (κ2) is 4.74. The third-order valence-corrected chi connectivity index (χ3v) is 4.29. The summed E-state index contributed by atoms with van der Waals surface area (Å²) in [5.74, 6) is -0.278. The van der Waals surface area contributed by atoms with Crippen LogP contribution in [0.5, 0.6) is 0 Å². The van der Waals surface area contributed by atoms with Crippen LogP contribution in [0.15, 0.2) is 16.7 Å². The molecule has 3 rings (SSSR count). The van der Waals surface area contributed by atoms with Gasteiger partial charge in [0.15, 0.2) is 5.13 Å². The Hall–Kier alpha value is -1.33. The fourth-order valence-corrected chi connectivity index (χ4v) is 3.27. The summed E-state index contributed by atoms with van der Waals surface area (Å²) in [5, 5.41) is 3.51. The minimum Gasteiger partial charge on any atom is -0.452 e. The normalized spacial score (nSPS) is 14.3. The highest BCUT2D eigenvalue weighted by Gasteiger charge is 2.18. The van der Waals surface area contributed by atoms with E-state index in [1.807, 2.05) is 0 Å². The molecule has 0 unspecified atom stereocenters. The molecule has 0 fully saturated rings. The van der Waals surface area contributed by atoms with E-state index >= 15 is 0 Å². The van der Waals surface area contributed by atoms with Crippen molar-refractivity contribution in [3.8, 4) is 0 Å². The van der Waals surface area contributed by atoms with Crippen molar-refractivity contribution in [1.29, 1.82) is 0 Å². The van der Waals surface area contributed by atoms with Crippen LogP contribution in [0.2, 0.25) is 5.22 Å². The molecular formula is C12H11ClN2O2S. The maximum Gasteiger partial charge on any atom is 0.262 e. The first kappa shape index (κ1) is 11.7. The number of nitrogens with one attached hydrogen (secondary N) is 1. The van der Waals surface area contributed by atoms with E-state index in [-0.39, 0.29) is 11.1 Å². The van der Waals surface area contributed by atoms with E-state index in [1.54, 1.807) is 17.4 Å². The molecule has 0 atom stereocenters. The Morgan fingerprint density at radius 2 is 2.28 bits per heavy atom. The first-order valence-corrected chi connectivity index (χ1v) is 6.96. The van der Waals surface area contributed by atoms with E-state index in [4.69, 9.17) is 16.0 Å². The van der Waals surface area contributed by atoms with Crippen LogP contribution in [0.3, 0.4) is 0 Å². The number of amides is 1. The van der Waals surface area contributed by atoms with Crippen molar-refractivity contribution in [1.82, 2.24) is 4.98 Å². The number of fused-ring (bicyclic) bond motifs is 1. The minimum absolute atomic E-state index is 0.105. The number of hydrogen-bond acceptors (Lipinski definition) is 4. The zero-order chi connectivity index (χ0) is 12.5. The van der Waals surface area contributed by atoms with Gasteiger partial charge in [-0.25, -0.2) is 4.98 Å². The van der Waals surface area contributed by atoms with Gasteiger partial charge in [0.1, 0.15) is 0 Å². The van der Waals surface area contributed by atoms with Crippen LogP contribution in [0.1, 0.15) is 33.8 Å². The lowest BCUT2D eigenvalue weighted by molar-refractivity contribution is 0.102. The molecule has 0 bridgehead atoms. The van der Waals surface area contributed by atoms with Crippen molar-refractivity contribution in [3.63, 3.8) is 0 Å². The standard InChI is InChI=1S/C12H11ClN2O2S/c13-10-7(5-6-17-10)11(16)15-12-14-8-3-1-2-4-9(8)18-12/h5-6H,1-4H2,(H,14,15,16). The lowest BCUT2D eigenvalue weighted by atomic mass is 10.0. The number of nitrogens with zero attached hydrogens (tertiary/aromatic N) is 1. The molecule has 18 heavy (non-hydrogen) atoms. The molecule has 1 amide bonds. The van der Waals surface area contributed by atoms with Crippen LogP contribution < -0.4 is 5.32 Å². The van der Waals surface area contributed by atoms with Crippen molar-refractivity contribution in [2.75, 3.05) is 5.32 Å². The molecule has 0 aromatic carbocycles. The maximum absolute atomic E-state index is 11.9. The maximum atomic E-state index is 11.9. The van der Waals surface area contributed by atoms with Gasteiger partial charge in [-0.1, -0.05) is 0 Å². The second-order valence-electron chi connectivity index (χ2n) is 4.16. The molecule has 6 heteroatoms. The summed E-state index contributed by atoms with van der Waals surface area (Å²) >= 11 is 7.31. The van der Waals surface area contributed by atoms with Crippen LogP contribution in [-0.2, 0) is 12.8 Å². The topological polar surface area (TPSA) is 55.1 Å². The molecule has 0 saturated heterocycles. The first-order chi connectivity index (χ1) is 8.74. The van der Waals surface area contributed by atoms with Crippen LogP contribution in [0.25, 0.3) is 0 Å². The van der Waals surface area contributed by atoms with Crippen molar-refractivity contribution in [2.24, 2.45) is 0 Å². The number of anilines is 1. The number of carbonyl (C=O) groups is 1. The quantitative estimate of drug-likeness (QED) is 0.917. The lowest BCUT2D eigenvalue weighted by Gasteiger charge is -2.06. The number of halogens is 1. The number of thiazole rings is 1. The third kappa shape index (κ3) is 2.15. The lowest BCUT2D eigenvalue weighted by Crippen LogP contribution is -2.11. The van der Waals surface area contributed by atoms with E-state index in [0.717, 1.165) is 18.5 Å². The number of furan rings is 1. The highest BCUT2D eigenvalue weighted by Crippen LogP contribution is 2.30. The largest absolute Gasteiger partial charge is 0.452 e. The van der Waals surface area contributed by atoms with E-state index < -0.39 is 0 Å². The Balaban J connectivity index is 1.79. The molecule has 0 radical (unpaired) electrons. The second-order valence-corrected chi connectivity index (χ2v) is 5.59. The van der Waals surface area contributed by atoms with E-state index in [2.05, 4.69) is 10.3 Å². The van der Waals surface area contributed by atoms with Gasteiger partial charge in [0.2, 0.25) is 5.22 Å². The van der Waals surface area contributed by atoms with Gasteiger partial charge in [0.25, 0.3) is 5.91 Å². The molecule has 1 N–H and O–H groups in total. The van der Waals surface area contributed by atoms with Gasteiger partial charge in [0.05, 0.1) is 17.5 Å². The predicted molar refractivity (Wildman–Crippen MR) is 70.4 cm³/mol. The van der Waals surface area contributed by atoms with Crippen molar-refractivity contribution >= 4 is 34.0 Å². The Bertz CT molecular complexity index is 567. The smallest absolute Gasteiger partial charge is 0.262 e. The molecule has 2 heterocycles. The third-order valence-electron chi connectivity index (χ3n) is 2.93. The number of aryl methyl sites for hydroxylation is 2. The van der Waals surface area contributed by atoms with Gasteiger partial charge in [-0.3, -0.25) is 10.1 Å². The van der Waals surface area contributed by atoms with Crippen molar-refractivity contribution in [3.05, 3.63) is 33.7 Å². The predicted octanol–water partition coefficient (Wildman–Crippen LogP) is 3.52. The molecule has 2 aromatic heterocycles. The summed E-state index contributed by atoms with van der Waals surface area (Å²) in [7, 11) is 0. The molecule has 94 valence electrons. The molecule has 4 nitrogen and oxygen atoms in total. The molecule has 1 aliphatic rings. The molecule has 0 saturated carbocycles. The Kier molecular flexibility index (Phi) is 3.09. The van der Waals surface area contributed by atoms with E-state index in [1.165, 1.54) is 24.0 Å². The Morgan fingerprint density at radius 3 is 3.00 bits per heavy atom. The molecular weight excluding hydrogens is 272 g/mol. The van der Waals surface area contributed by atoms with Crippen molar-refractivity contribution in [2.45, 2.75) is 25.7 Å². The average molecular weight is 283 g/mol. The Morgan fingerprint density at radius 1 is 1.44 bits per heavy atom. The minimum atomic E-state index is -0.278. The van der Waals surface area contributed by atoms with Crippen LogP contribution in [0.4, 0.5) is 5.13 Å². The van der Waals surface area contributed by atoms with Gasteiger partial charge in [-0.2, -0.15) is 0 Å². The highest BCUT2D eigenvalue weighted by atomic mass is 35.5. The van der Waals surface area contributed by atoms with Crippen LogP contribution in [-0.4, -0.2) is 10.9 Å². The summed E-state index contributed by atoms with van der Waals surface area (Å²) in [5.41, 5.74) is 1.46. The van der Waals surface area contributed by atoms with E-state index in [9.17, 15) is 4.79 Å². The monoisotopic (exact) mass is 282 g/mol. The number of hydrogen-bond donors (Lipinski definition) is 1. The van der Waals surface area contributed by atoms with Gasteiger partial charge >= 0.3 is 0 Å². The number of aromatic nitrogens is 1. The summed E-state index contributed by atoms with van der Waals surface area (Å²) in [4.78, 5) is 17.7. The zero-order valence-electron chi connectivity index (χ0n) is 9.53. The van der Waals surface area contributed by atoms with Crippen molar-refractivity contribution < 1.29 is 9.21 Å². The number of rotatable bonds is 2. The van der Waals surface area contributed by atoms with E-state index in [0.29, 0.717) is 10.7 Å². The average Bonchev–Trinajstić information content (AvgIpc) is 2.94. The van der Waals surface area contributed by atoms with Crippen LogP contribution in [0, 0.1) is 0 Å². The van der Waals surface area contributed by atoms with Gasteiger partial charge < -0.3 is 4.42 Å². The summed E-state index contributed by atoms with van der Waals surface area (Å²) in [6, 6.07) is 1.55. The fraction of sp³-hybridized carbons (Fsp3) is 0.333. The van der Waals surface area contributed by atoms with Gasteiger partial charge in [-0.05, 0) is 43.4 Å². The van der Waals surface area contributed by atoms with Gasteiger partial charge in [0, 0.05) is 4.88 Å². The fourth-order valence-electron chi connectivity index (χ4n) is 2.03. The highest BCUT2D eigenvalue weighted by molar-refractivity contribution is 7.15. The molecule has 2 aromatic rings. The number of carbonyl (C=O) groups excluding carboxylic acids is 1. The van der Waals surface area contributed by atoms with Crippen LogP contribution >= 0.6 is 22.9 Å². The summed E-state index contributed by atoms with van der Waals surface area (Å²) in [6.07, 6.45) is 5.85. The summed E-state index contributed by atoms with van der Waals surface area (Å²) in [6.45, 7) is 0. The molecule has 0 spiro atoms. The van der Waals surface area contributed by atoms with Gasteiger partial charge in [-0.15, -0.1) is 11.3 Å². The molecule has 1 aliphatic carbocycles. The SMILES string of the molecule is O=C(Nc1nc2c(s1)CCCC2)c1ccoc1Cl. The first-order valence-electron chi connectivity index (χ1n) is 5.77. The summed E-state index contributed by atoms with van der Waals surface area (Å²) < 4.78 is 4.89. The Labute approximate surface area is 113 Å². The molecule has 0 aliphatic heterocycles. The zero-order valence-corrected chi connectivity index (χ0v) is 11.1.